The minimum atomic E-state index is -0.705. The number of carbonyl (C=O) groups excluding carboxylic acids is 2. The highest BCUT2D eigenvalue weighted by Crippen LogP contribution is 2.30. The van der Waals surface area contributed by atoms with Crippen LogP contribution in [0.4, 0.5) is 16.2 Å². The maximum absolute atomic E-state index is 13.6. The molecular formula is C40H47Cl2N9O3. The molecule has 2 aromatic carbocycles. The lowest BCUT2D eigenvalue weighted by Gasteiger charge is -2.26. The number of pyridine rings is 1. The molecule has 2 fully saturated rings. The Balaban J connectivity index is 1.26. The highest BCUT2D eigenvalue weighted by Gasteiger charge is 2.18. The van der Waals surface area contributed by atoms with Crippen LogP contribution in [-0.2, 0) is 6.54 Å². The lowest BCUT2D eigenvalue weighted by atomic mass is 9.96. The number of aryl methyl sites for hydroxylation is 1. The van der Waals surface area contributed by atoms with Crippen LogP contribution in [0.3, 0.4) is 0 Å². The van der Waals surface area contributed by atoms with E-state index in [0.717, 1.165) is 68.2 Å². The molecule has 284 valence electrons. The molecule has 3 amide bonds. The molecule has 0 spiro atoms. The zero-order valence-corrected chi connectivity index (χ0v) is 32.1. The first-order chi connectivity index (χ1) is 26.2. The third-order valence-electron chi connectivity index (χ3n) is 9.78. The summed E-state index contributed by atoms with van der Waals surface area (Å²) in [5.74, 6) is -0.142. The average Bonchev–Trinajstić information content (AvgIpc) is 3.71. The zero-order chi connectivity index (χ0) is 38.0. The van der Waals surface area contributed by atoms with Gasteiger partial charge in [0.2, 0.25) is 0 Å². The summed E-state index contributed by atoms with van der Waals surface area (Å²) in [6.07, 6.45) is 8.84. The molecule has 0 radical (unpaired) electrons. The first-order valence-corrected chi connectivity index (χ1v) is 19.3. The predicted molar refractivity (Wildman–Crippen MR) is 217 cm³/mol. The molecule has 0 bridgehead atoms. The van der Waals surface area contributed by atoms with Gasteiger partial charge in [0.1, 0.15) is 5.69 Å². The van der Waals surface area contributed by atoms with Crippen LogP contribution >= 0.6 is 23.2 Å². The summed E-state index contributed by atoms with van der Waals surface area (Å²) < 4.78 is 1.29. The largest absolute Gasteiger partial charge is 0.384 e. The van der Waals surface area contributed by atoms with Gasteiger partial charge in [-0.15, -0.1) is 0 Å². The second kappa shape index (κ2) is 18.5. The summed E-state index contributed by atoms with van der Waals surface area (Å²) in [6.45, 7) is 13.9. The van der Waals surface area contributed by atoms with Crippen LogP contribution in [-0.4, -0.2) is 88.9 Å². The Hall–Kier alpha value is -4.75. The van der Waals surface area contributed by atoms with Crippen LogP contribution < -0.4 is 26.8 Å². The fourth-order valence-electron chi connectivity index (χ4n) is 6.83. The van der Waals surface area contributed by atoms with Crippen LogP contribution in [0.2, 0.25) is 10.0 Å². The predicted octanol–water partition coefficient (Wildman–Crippen LogP) is 6.81. The van der Waals surface area contributed by atoms with Gasteiger partial charge in [-0.3, -0.25) is 14.6 Å². The highest BCUT2D eigenvalue weighted by molar-refractivity contribution is 6.39. The van der Waals surface area contributed by atoms with Crippen LogP contribution in [0.5, 0.6) is 0 Å². The van der Waals surface area contributed by atoms with Crippen LogP contribution in [0, 0.1) is 0 Å². The number of hydrogen-bond acceptors (Lipinski definition) is 8. The van der Waals surface area contributed by atoms with E-state index in [9.17, 15) is 14.4 Å². The molecule has 2 aliphatic heterocycles. The molecule has 0 unspecified atom stereocenters. The molecule has 4 aromatic rings. The van der Waals surface area contributed by atoms with Crippen molar-refractivity contribution in [1.82, 2.24) is 35.2 Å². The number of rotatable bonds is 14. The van der Waals surface area contributed by atoms with E-state index in [1.54, 1.807) is 6.92 Å². The van der Waals surface area contributed by atoms with E-state index in [0.29, 0.717) is 23.4 Å². The first kappa shape index (κ1) is 39.0. The third-order valence-corrected chi connectivity index (χ3v) is 10.3. The quantitative estimate of drug-likeness (QED) is 0.110. The number of nitrogens with zero attached hydrogens (tertiary/aromatic N) is 5. The van der Waals surface area contributed by atoms with Crippen molar-refractivity contribution in [1.29, 1.82) is 0 Å². The Bertz CT molecular complexity index is 2020. The number of urea groups is 1. The summed E-state index contributed by atoms with van der Waals surface area (Å²) in [5.41, 5.74) is 4.67. The van der Waals surface area contributed by atoms with E-state index in [1.165, 1.54) is 55.2 Å². The molecule has 2 saturated heterocycles. The lowest BCUT2D eigenvalue weighted by Crippen LogP contribution is -2.37. The van der Waals surface area contributed by atoms with E-state index in [4.69, 9.17) is 23.2 Å². The molecular weight excluding hydrogens is 725 g/mol. The van der Waals surface area contributed by atoms with E-state index in [1.807, 2.05) is 42.5 Å². The maximum atomic E-state index is 13.6. The number of amides is 3. The third kappa shape index (κ3) is 10.1. The van der Waals surface area contributed by atoms with E-state index >= 15 is 0 Å². The fraction of sp³-hybridized carbons (Fsp3) is 0.375. The fourth-order valence-corrected chi connectivity index (χ4v) is 7.29. The number of carbonyl (C=O) groups is 2. The summed E-state index contributed by atoms with van der Waals surface area (Å²) in [4.78, 5) is 48.6. The van der Waals surface area contributed by atoms with Crippen LogP contribution in [0.15, 0.2) is 72.3 Å². The topological polar surface area (TPSA) is 137 Å². The number of hydrogen-bond donors (Lipinski definition) is 4. The van der Waals surface area contributed by atoms with Crippen molar-refractivity contribution in [3.05, 3.63) is 99.0 Å². The van der Waals surface area contributed by atoms with Crippen molar-refractivity contribution in [2.45, 2.75) is 45.6 Å². The molecule has 6 rings (SSSR count). The molecule has 54 heavy (non-hydrogen) atoms. The normalized spacial score (nSPS) is 14.8. The van der Waals surface area contributed by atoms with Gasteiger partial charge in [-0.2, -0.15) is 5.10 Å². The molecule has 4 N–H and O–H groups in total. The SMILES string of the molecule is C=C(NCCN1CCCC1)c1cc(C(=O)NCCN2CCCCC2)cc(-c2cccc(-c3cc(NC(=O)Nc4c(Cl)cncc4Cl)c(=O)n(CC)n3)c2)c1. The molecule has 4 heterocycles. The van der Waals surface area contributed by atoms with E-state index < -0.39 is 11.6 Å². The van der Waals surface area contributed by atoms with Gasteiger partial charge >= 0.3 is 6.03 Å². The standard InChI is InChI=1S/C40H47Cl2N9O3/c1-3-51-39(53)36(46-40(54)47-37-33(41)25-43-26-34(37)42)24-35(48-51)29-11-9-10-28(20-29)31-21-30(27(2)44-12-18-50-16-7-8-17-50)22-32(23-31)38(52)45-13-19-49-14-5-4-6-15-49/h9-11,20-26,44H,2-8,12-19H2,1H3,(H,45,52)(H2,43,46,47,54). The second-order valence-corrected chi connectivity index (χ2v) is 14.4. The van der Waals surface area contributed by atoms with Crippen molar-refractivity contribution >= 4 is 52.2 Å². The molecule has 0 saturated carbocycles. The van der Waals surface area contributed by atoms with Crippen molar-refractivity contribution in [3.8, 4) is 22.4 Å². The van der Waals surface area contributed by atoms with Gasteiger partial charge < -0.3 is 31.1 Å². The average molecular weight is 773 g/mol. The monoisotopic (exact) mass is 771 g/mol. The van der Waals surface area contributed by atoms with Crippen molar-refractivity contribution in [2.24, 2.45) is 0 Å². The van der Waals surface area contributed by atoms with E-state index in [-0.39, 0.29) is 33.9 Å². The van der Waals surface area contributed by atoms with Gasteiger partial charge in [0.15, 0.2) is 0 Å². The van der Waals surface area contributed by atoms with Gasteiger partial charge in [-0.05, 0) is 106 Å². The number of anilines is 2. The number of piperidine rings is 1. The summed E-state index contributed by atoms with van der Waals surface area (Å²) >= 11 is 12.4. The van der Waals surface area contributed by atoms with Crippen LogP contribution in [0.25, 0.3) is 28.1 Å². The Morgan fingerprint density at radius 3 is 2.09 bits per heavy atom. The molecule has 2 aromatic heterocycles. The lowest BCUT2D eigenvalue weighted by molar-refractivity contribution is 0.0946. The van der Waals surface area contributed by atoms with Gasteiger partial charge in [0.05, 0.1) is 21.4 Å². The van der Waals surface area contributed by atoms with Gasteiger partial charge in [0.25, 0.3) is 11.5 Å². The summed E-state index contributed by atoms with van der Waals surface area (Å²) in [6, 6.07) is 14.3. The zero-order valence-electron chi connectivity index (χ0n) is 30.6. The van der Waals surface area contributed by atoms with Crippen LogP contribution in [0.1, 0.15) is 54.9 Å². The Morgan fingerprint density at radius 1 is 0.778 bits per heavy atom. The second-order valence-electron chi connectivity index (χ2n) is 13.6. The Labute approximate surface area is 325 Å². The first-order valence-electron chi connectivity index (χ1n) is 18.6. The maximum Gasteiger partial charge on any atom is 0.323 e. The minimum absolute atomic E-state index is 0.0212. The number of halogens is 2. The molecule has 0 aliphatic carbocycles. The smallest absolute Gasteiger partial charge is 0.323 e. The van der Waals surface area contributed by atoms with Crippen molar-refractivity contribution in [2.75, 3.05) is 63.0 Å². The molecule has 14 heteroatoms. The Kier molecular flexibility index (Phi) is 13.4. The van der Waals surface area contributed by atoms with Gasteiger partial charge in [-0.1, -0.05) is 54.4 Å². The number of benzene rings is 2. The molecule has 2 aliphatic rings. The highest BCUT2D eigenvalue weighted by atomic mass is 35.5. The summed E-state index contributed by atoms with van der Waals surface area (Å²) in [7, 11) is 0. The van der Waals surface area contributed by atoms with Gasteiger partial charge in [-0.25, -0.2) is 9.48 Å². The van der Waals surface area contributed by atoms with Crippen molar-refractivity contribution in [3.63, 3.8) is 0 Å². The summed E-state index contributed by atoms with van der Waals surface area (Å²) in [5, 5.41) is 16.7. The van der Waals surface area contributed by atoms with Crippen molar-refractivity contribution < 1.29 is 9.59 Å². The molecule has 12 nitrogen and oxygen atoms in total. The molecule has 0 atom stereocenters. The number of aromatic nitrogens is 3. The Morgan fingerprint density at radius 2 is 1.41 bits per heavy atom. The number of likely N-dealkylation sites (tertiary alicyclic amines) is 2. The van der Waals surface area contributed by atoms with Gasteiger partial charge in [0, 0.05) is 61.9 Å². The number of nitrogens with one attached hydrogen (secondary N) is 4. The minimum Gasteiger partial charge on any atom is -0.384 e. The van der Waals surface area contributed by atoms with E-state index in [2.05, 4.69) is 47.7 Å².